The third-order valence-electron chi connectivity index (χ3n) is 4.49. The summed E-state index contributed by atoms with van der Waals surface area (Å²) >= 11 is 1.85. The lowest BCUT2D eigenvalue weighted by molar-refractivity contribution is -0.182. The summed E-state index contributed by atoms with van der Waals surface area (Å²) in [5, 5.41) is 13.6. The molecule has 0 aliphatic carbocycles. The Kier molecular flexibility index (Phi) is 8.00. The van der Waals surface area contributed by atoms with Gasteiger partial charge in [-0.25, -0.2) is 13.6 Å². The van der Waals surface area contributed by atoms with Crippen LogP contribution in [0.15, 0.2) is 28.6 Å². The van der Waals surface area contributed by atoms with Gasteiger partial charge in [0.05, 0.1) is 0 Å². The minimum Gasteiger partial charge on any atom is -0.426 e. The molecule has 188 valence electrons. The van der Waals surface area contributed by atoms with Crippen LogP contribution in [0.3, 0.4) is 0 Å². The van der Waals surface area contributed by atoms with E-state index in [1.807, 2.05) is 0 Å². The van der Waals surface area contributed by atoms with Crippen molar-refractivity contribution in [2.45, 2.75) is 38.0 Å². The molecule has 1 fully saturated rings. The molecular formula is C18H18F2N6O7S2. The van der Waals surface area contributed by atoms with Crippen LogP contribution < -0.4 is 11.1 Å². The van der Waals surface area contributed by atoms with Gasteiger partial charge in [0.25, 0.3) is 18.2 Å². The minimum atomic E-state index is -2.81. The van der Waals surface area contributed by atoms with Crippen LogP contribution in [0.5, 0.6) is 0 Å². The highest BCUT2D eigenvalue weighted by Gasteiger charge is 2.54. The fourth-order valence-electron chi connectivity index (χ4n) is 3.15. The van der Waals surface area contributed by atoms with E-state index in [4.69, 9.17) is 15.2 Å². The summed E-state index contributed by atoms with van der Waals surface area (Å²) in [5.74, 6) is -3.79. The number of β-lactam (4-membered cyclic amide) rings is 1. The molecule has 1 aromatic rings. The monoisotopic (exact) mass is 532 g/mol. The average Bonchev–Trinajstić information content (AvgIpc) is 3.20. The van der Waals surface area contributed by atoms with E-state index < -0.39 is 53.6 Å². The number of aromatic nitrogens is 2. The molecule has 3 rings (SSSR count). The van der Waals surface area contributed by atoms with Crippen molar-refractivity contribution in [2.24, 2.45) is 5.16 Å². The van der Waals surface area contributed by atoms with Gasteiger partial charge in [0.1, 0.15) is 17.1 Å². The Bertz CT molecular complexity index is 1140. The second-order valence-electron chi connectivity index (χ2n) is 6.92. The SMILES string of the molecule is CC(=O)OC(C)OC(=O)C1=C(/C=C/C(F)F)CS[C@@H]2[C@H](NC(=O)/C(=N\O)c3nsc(N)n3)C(=O)N12. The van der Waals surface area contributed by atoms with Gasteiger partial charge in [0.15, 0.2) is 5.13 Å². The van der Waals surface area contributed by atoms with Crippen molar-refractivity contribution in [3.63, 3.8) is 0 Å². The van der Waals surface area contributed by atoms with Crippen molar-refractivity contribution in [3.8, 4) is 0 Å². The normalized spacial score (nSPS) is 21.0. The van der Waals surface area contributed by atoms with Crippen LogP contribution in [0.2, 0.25) is 0 Å². The molecule has 1 aromatic heterocycles. The van der Waals surface area contributed by atoms with Gasteiger partial charge in [-0.05, 0) is 11.6 Å². The molecule has 1 unspecified atom stereocenters. The number of oxime groups is 1. The maximum atomic E-state index is 12.9. The number of nitrogens with two attached hydrogens (primary N) is 1. The third-order valence-corrected chi connectivity index (χ3v) is 6.34. The lowest BCUT2D eigenvalue weighted by Crippen LogP contribution is -2.71. The van der Waals surface area contributed by atoms with E-state index >= 15 is 0 Å². The van der Waals surface area contributed by atoms with Crippen LogP contribution in [0.25, 0.3) is 0 Å². The number of hydrogen-bond donors (Lipinski definition) is 3. The van der Waals surface area contributed by atoms with E-state index in [0.29, 0.717) is 6.08 Å². The molecular weight excluding hydrogens is 514 g/mol. The maximum absolute atomic E-state index is 12.9. The average molecular weight is 533 g/mol. The predicted octanol–water partition coefficient (Wildman–Crippen LogP) is 0.226. The number of anilines is 1. The fourth-order valence-corrected chi connectivity index (χ4v) is 4.90. The van der Waals surface area contributed by atoms with Crippen molar-refractivity contribution in [1.82, 2.24) is 19.6 Å². The van der Waals surface area contributed by atoms with Gasteiger partial charge in [0.2, 0.25) is 17.8 Å². The smallest absolute Gasteiger partial charge is 0.358 e. The van der Waals surface area contributed by atoms with Crippen LogP contribution >= 0.6 is 23.3 Å². The number of nitrogen functional groups attached to an aromatic ring is 1. The van der Waals surface area contributed by atoms with Gasteiger partial charge in [0, 0.05) is 31.1 Å². The van der Waals surface area contributed by atoms with Gasteiger partial charge in [-0.3, -0.25) is 19.3 Å². The molecule has 2 aliphatic heterocycles. The Hall–Kier alpha value is -3.60. The zero-order valence-corrected chi connectivity index (χ0v) is 19.6. The number of nitrogens with one attached hydrogen (secondary N) is 1. The highest BCUT2D eigenvalue weighted by molar-refractivity contribution is 8.00. The molecule has 1 saturated heterocycles. The lowest BCUT2D eigenvalue weighted by atomic mass is 10.0. The first-order valence-corrected chi connectivity index (χ1v) is 11.5. The minimum absolute atomic E-state index is 0.0154. The van der Waals surface area contributed by atoms with Crippen LogP contribution in [-0.4, -0.2) is 78.8 Å². The first kappa shape index (κ1) is 26.0. The number of nitrogens with zero attached hydrogens (tertiary/aromatic N) is 4. The van der Waals surface area contributed by atoms with Crippen LogP contribution in [0, 0.1) is 0 Å². The van der Waals surface area contributed by atoms with Crippen molar-refractivity contribution in [1.29, 1.82) is 0 Å². The lowest BCUT2D eigenvalue weighted by Gasteiger charge is -2.49. The molecule has 0 spiro atoms. The van der Waals surface area contributed by atoms with E-state index in [-0.39, 0.29) is 28.0 Å². The van der Waals surface area contributed by atoms with E-state index in [1.165, 1.54) is 6.92 Å². The number of allylic oxidation sites excluding steroid dienone is 2. The number of carbonyl (C=O) groups is 4. The Morgan fingerprint density at radius 1 is 1.37 bits per heavy atom. The second kappa shape index (κ2) is 10.8. The number of ether oxygens (including phenoxy) is 2. The zero-order valence-electron chi connectivity index (χ0n) is 18.0. The fraction of sp³-hybridized carbons (Fsp3) is 0.389. The highest BCUT2D eigenvalue weighted by Crippen LogP contribution is 2.41. The van der Waals surface area contributed by atoms with E-state index in [2.05, 4.69) is 19.8 Å². The van der Waals surface area contributed by atoms with Crippen molar-refractivity contribution in [2.75, 3.05) is 11.5 Å². The summed E-state index contributed by atoms with van der Waals surface area (Å²) in [4.78, 5) is 54.1. The van der Waals surface area contributed by atoms with Crippen LogP contribution in [0.4, 0.5) is 13.9 Å². The topological polar surface area (TPSA) is 186 Å². The first-order valence-electron chi connectivity index (χ1n) is 9.68. The second-order valence-corrected chi connectivity index (χ2v) is 8.80. The molecule has 0 bridgehead atoms. The Morgan fingerprint density at radius 3 is 2.66 bits per heavy atom. The van der Waals surface area contributed by atoms with E-state index in [1.54, 1.807) is 0 Å². The van der Waals surface area contributed by atoms with Gasteiger partial charge >= 0.3 is 11.9 Å². The molecule has 0 radical (unpaired) electrons. The highest BCUT2D eigenvalue weighted by atomic mass is 32.2. The molecule has 4 N–H and O–H groups in total. The maximum Gasteiger partial charge on any atom is 0.358 e. The Labute approximate surface area is 204 Å². The first-order chi connectivity index (χ1) is 16.5. The molecule has 2 amide bonds. The quantitative estimate of drug-likeness (QED) is 0.104. The molecule has 0 saturated carbocycles. The molecule has 17 heteroatoms. The van der Waals surface area contributed by atoms with Crippen molar-refractivity contribution >= 4 is 57.9 Å². The number of alkyl halides is 2. The summed E-state index contributed by atoms with van der Waals surface area (Å²) in [6, 6.07) is -1.16. The van der Waals surface area contributed by atoms with Crippen LogP contribution in [0.1, 0.15) is 19.7 Å². The number of halogens is 2. The summed E-state index contributed by atoms with van der Waals surface area (Å²) in [5.41, 5.74) is 4.62. The number of carbonyl (C=O) groups excluding carboxylic acids is 4. The van der Waals surface area contributed by atoms with Crippen molar-refractivity contribution in [3.05, 3.63) is 29.2 Å². The summed E-state index contributed by atoms with van der Waals surface area (Å²) in [6.45, 7) is 2.36. The Balaban J connectivity index is 1.82. The zero-order chi connectivity index (χ0) is 25.9. The molecule has 3 atom stereocenters. The standard InChI is InChI=1S/C18H18F2N6O7S2/c1-6(27)32-7(2)33-17(30)12-8(3-4-9(19)20)5-34-16-11(15(29)26(12)16)22-14(28)10(24-31)13-23-18(21)35-25-13/h3-4,7,9,11,16,31H,5H2,1-2H3,(H,22,28)(H2,21,23,25)/b4-3+,24-10-/t7?,11-,16-/m1/s1. The summed E-state index contributed by atoms with van der Waals surface area (Å²) in [6.07, 6.45) is -2.59. The molecule has 3 heterocycles. The van der Waals surface area contributed by atoms with Gasteiger partial charge in [-0.1, -0.05) is 11.2 Å². The summed E-state index contributed by atoms with van der Waals surface area (Å²) < 4.78 is 39.0. The summed E-state index contributed by atoms with van der Waals surface area (Å²) in [7, 11) is 0. The number of fused-ring (bicyclic) bond motifs is 1. The number of amides is 2. The van der Waals surface area contributed by atoms with E-state index in [0.717, 1.165) is 41.2 Å². The molecule has 2 aliphatic rings. The Morgan fingerprint density at radius 2 is 2.09 bits per heavy atom. The predicted molar refractivity (Wildman–Crippen MR) is 117 cm³/mol. The largest absolute Gasteiger partial charge is 0.426 e. The number of rotatable bonds is 8. The number of hydrogen-bond acceptors (Lipinski definition) is 13. The van der Waals surface area contributed by atoms with Gasteiger partial charge in [-0.2, -0.15) is 9.36 Å². The number of esters is 2. The van der Waals surface area contributed by atoms with Crippen LogP contribution in [-0.2, 0) is 28.7 Å². The van der Waals surface area contributed by atoms with E-state index in [9.17, 15) is 33.2 Å². The molecule has 0 aromatic carbocycles. The van der Waals surface area contributed by atoms with Gasteiger partial charge in [-0.15, -0.1) is 11.8 Å². The van der Waals surface area contributed by atoms with Gasteiger partial charge < -0.3 is 25.7 Å². The third kappa shape index (κ3) is 5.73. The number of thioether (sulfide) groups is 1. The molecule has 13 nitrogen and oxygen atoms in total. The van der Waals surface area contributed by atoms with Crippen molar-refractivity contribution < 1.29 is 42.6 Å². The molecule has 35 heavy (non-hydrogen) atoms.